The topological polar surface area (TPSA) is 23.5 Å². The summed E-state index contributed by atoms with van der Waals surface area (Å²) in [5.74, 6) is 0.288. The minimum Gasteiger partial charge on any atom is -0.396 e. The molecule has 2 atom stereocenters. The van der Waals surface area contributed by atoms with Crippen molar-refractivity contribution in [2.45, 2.75) is 31.1 Å². The van der Waals surface area contributed by atoms with E-state index in [1.165, 1.54) is 18.4 Å². The van der Waals surface area contributed by atoms with Crippen molar-refractivity contribution in [2.24, 2.45) is 5.92 Å². The molecule has 0 radical (unpaired) electrons. The van der Waals surface area contributed by atoms with E-state index in [-0.39, 0.29) is 17.9 Å². The third-order valence-corrected chi connectivity index (χ3v) is 5.26. The van der Waals surface area contributed by atoms with Crippen molar-refractivity contribution < 1.29 is 5.11 Å². The Hall–Kier alpha value is -0.280. The molecule has 2 nitrogen and oxygen atoms in total. The van der Waals surface area contributed by atoms with Gasteiger partial charge in [0.1, 0.15) is 0 Å². The van der Waals surface area contributed by atoms with Crippen LogP contribution in [0.3, 0.4) is 0 Å². The standard InChI is InChI=1S/C16H23Cl2NO/c1-19(2)11-16(8-4-3-5-13(16)10-20)12-6-7-14(17)15(18)9-12/h6-7,9,13,20H,3-5,8,10-11H2,1-2H3/t13-,16?/m1/s1. The van der Waals surface area contributed by atoms with Crippen LogP contribution < -0.4 is 0 Å². The average molecular weight is 316 g/mol. The summed E-state index contributed by atoms with van der Waals surface area (Å²) >= 11 is 12.3. The lowest BCUT2D eigenvalue weighted by molar-refractivity contribution is 0.0822. The molecule has 1 fully saturated rings. The largest absolute Gasteiger partial charge is 0.396 e. The summed E-state index contributed by atoms with van der Waals surface area (Å²) in [4.78, 5) is 2.20. The first kappa shape index (κ1) is 16.1. The first-order chi connectivity index (χ1) is 9.49. The van der Waals surface area contributed by atoms with E-state index in [1.807, 2.05) is 12.1 Å². The number of aliphatic hydroxyl groups is 1. The van der Waals surface area contributed by atoms with E-state index in [0.29, 0.717) is 10.0 Å². The van der Waals surface area contributed by atoms with E-state index in [1.54, 1.807) is 0 Å². The summed E-state index contributed by atoms with van der Waals surface area (Å²) < 4.78 is 0. The van der Waals surface area contributed by atoms with Crippen LogP contribution in [0.4, 0.5) is 0 Å². The van der Waals surface area contributed by atoms with Crippen molar-refractivity contribution >= 4 is 23.2 Å². The normalized spacial score (nSPS) is 27.0. The lowest BCUT2D eigenvalue weighted by Crippen LogP contribution is -2.47. The Morgan fingerprint density at radius 3 is 2.60 bits per heavy atom. The fraction of sp³-hybridized carbons (Fsp3) is 0.625. The Morgan fingerprint density at radius 1 is 1.25 bits per heavy atom. The highest BCUT2D eigenvalue weighted by Gasteiger charge is 2.42. The van der Waals surface area contributed by atoms with Gasteiger partial charge in [-0.1, -0.05) is 42.1 Å². The third-order valence-electron chi connectivity index (χ3n) is 4.52. The predicted octanol–water partition coefficient (Wildman–Crippen LogP) is 3.98. The monoisotopic (exact) mass is 315 g/mol. The highest BCUT2D eigenvalue weighted by atomic mass is 35.5. The molecule has 0 saturated heterocycles. The summed E-state index contributed by atoms with van der Waals surface area (Å²) in [5.41, 5.74) is 1.18. The Balaban J connectivity index is 2.46. The lowest BCUT2D eigenvalue weighted by Gasteiger charge is -2.46. The number of likely N-dealkylation sites (N-methyl/N-ethyl adjacent to an activating group) is 1. The van der Waals surface area contributed by atoms with Gasteiger partial charge in [-0.2, -0.15) is 0 Å². The summed E-state index contributed by atoms with van der Waals surface area (Å²) in [6.07, 6.45) is 4.56. The minimum absolute atomic E-state index is 0.0231. The van der Waals surface area contributed by atoms with Gasteiger partial charge in [-0.15, -0.1) is 0 Å². The van der Waals surface area contributed by atoms with Gasteiger partial charge in [0.2, 0.25) is 0 Å². The number of nitrogens with zero attached hydrogens (tertiary/aromatic N) is 1. The van der Waals surface area contributed by atoms with Crippen LogP contribution >= 0.6 is 23.2 Å². The van der Waals surface area contributed by atoms with E-state index in [2.05, 4.69) is 25.1 Å². The van der Waals surface area contributed by atoms with Crippen LogP contribution in [0.1, 0.15) is 31.2 Å². The molecular weight excluding hydrogens is 293 g/mol. The second-order valence-electron chi connectivity index (χ2n) is 6.15. The zero-order chi connectivity index (χ0) is 14.8. The number of rotatable bonds is 4. The quantitative estimate of drug-likeness (QED) is 0.908. The first-order valence-corrected chi connectivity index (χ1v) is 7.96. The Morgan fingerprint density at radius 2 is 2.00 bits per heavy atom. The molecule has 1 aliphatic rings. The van der Waals surface area contributed by atoms with E-state index in [0.717, 1.165) is 19.4 Å². The van der Waals surface area contributed by atoms with Gasteiger partial charge in [-0.3, -0.25) is 0 Å². The molecule has 0 aliphatic heterocycles. The zero-order valence-electron chi connectivity index (χ0n) is 12.2. The Labute approximate surface area is 131 Å². The van der Waals surface area contributed by atoms with E-state index in [9.17, 15) is 5.11 Å². The molecule has 0 aromatic heterocycles. The van der Waals surface area contributed by atoms with E-state index < -0.39 is 0 Å². The van der Waals surface area contributed by atoms with Crippen LogP contribution in [0.2, 0.25) is 10.0 Å². The molecule has 2 rings (SSSR count). The molecule has 4 heteroatoms. The second kappa shape index (κ2) is 6.65. The van der Waals surface area contributed by atoms with Crippen molar-refractivity contribution in [1.29, 1.82) is 0 Å². The molecule has 112 valence electrons. The first-order valence-electron chi connectivity index (χ1n) is 7.21. The summed E-state index contributed by atoms with van der Waals surface area (Å²) in [6.45, 7) is 1.16. The molecular formula is C16H23Cl2NO. The van der Waals surface area contributed by atoms with Crippen LogP contribution in [0.15, 0.2) is 18.2 Å². The number of hydrogen-bond acceptors (Lipinski definition) is 2. The van der Waals surface area contributed by atoms with Crippen LogP contribution in [0.25, 0.3) is 0 Å². The van der Waals surface area contributed by atoms with Crippen molar-refractivity contribution in [1.82, 2.24) is 4.90 Å². The van der Waals surface area contributed by atoms with E-state index >= 15 is 0 Å². The van der Waals surface area contributed by atoms with Crippen LogP contribution in [0.5, 0.6) is 0 Å². The minimum atomic E-state index is -0.0231. The predicted molar refractivity (Wildman–Crippen MR) is 85.7 cm³/mol. The van der Waals surface area contributed by atoms with E-state index in [4.69, 9.17) is 23.2 Å². The van der Waals surface area contributed by atoms with Gasteiger partial charge in [-0.05, 0) is 50.6 Å². The molecule has 0 heterocycles. The number of halogens is 2. The maximum Gasteiger partial charge on any atom is 0.0595 e. The summed E-state index contributed by atoms with van der Waals surface area (Å²) in [7, 11) is 4.17. The van der Waals surface area contributed by atoms with Crippen LogP contribution in [-0.2, 0) is 5.41 Å². The molecule has 0 bridgehead atoms. The fourth-order valence-electron chi connectivity index (χ4n) is 3.63. The molecule has 1 aromatic rings. The molecule has 1 unspecified atom stereocenters. The fourth-order valence-corrected chi connectivity index (χ4v) is 3.93. The van der Waals surface area contributed by atoms with Gasteiger partial charge in [0.05, 0.1) is 10.0 Å². The van der Waals surface area contributed by atoms with Crippen molar-refractivity contribution in [2.75, 3.05) is 27.2 Å². The van der Waals surface area contributed by atoms with Crippen LogP contribution in [-0.4, -0.2) is 37.3 Å². The number of benzene rings is 1. The SMILES string of the molecule is CN(C)CC1(c2ccc(Cl)c(Cl)c2)CCCC[C@@H]1CO. The number of aliphatic hydroxyl groups excluding tert-OH is 1. The molecule has 20 heavy (non-hydrogen) atoms. The summed E-state index contributed by atoms with van der Waals surface area (Å²) in [5, 5.41) is 11.0. The molecule has 0 spiro atoms. The lowest BCUT2D eigenvalue weighted by atomic mass is 9.62. The molecule has 1 N–H and O–H groups in total. The highest BCUT2D eigenvalue weighted by molar-refractivity contribution is 6.42. The maximum absolute atomic E-state index is 9.85. The highest BCUT2D eigenvalue weighted by Crippen LogP contribution is 2.45. The average Bonchev–Trinajstić information content (AvgIpc) is 2.41. The third kappa shape index (κ3) is 3.14. The molecule has 1 saturated carbocycles. The van der Waals surface area contributed by atoms with Gasteiger partial charge in [0.25, 0.3) is 0 Å². The molecule has 1 aliphatic carbocycles. The van der Waals surface area contributed by atoms with Gasteiger partial charge >= 0.3 is 0 Å². The smallest absolute Gasteiger partial charge is 0.0595 e. The maximum atomic E-state index is 9.85. The zero-order valence-corrected chi connectivity index (χ0v) is 13.7. The van der Waals surface area contributed by atoms with Gasteiger partial charge in [0.15, 0.2) is 0 Å². The van der Waals surface area contributed by atoms with Crippen molar-refractivity contribution in [3.05, 3.63) is 33.8 Å². The van der Waals surface area contributed by atoms with Crippen molar-refractivity contribution in [3.63, 3.8) is 0 Å². The van der Waals surface area contributed by atoms with Gasteiger partial charge < -0.3 is 10.0 Å². The number of hydrogen-bond donors (Lipinski definition) is 1. The van der Waals surface area contributed by atoms with Crippen LogP contribution in [0, 0.1) is 5.92 Å². The van der Waals surface area contributed by atoms with Gasteiger partial charge in [0, 0.05) is 18.6 Å². The Bertz CT molecular complexity index is 464. The molecule has 1 aromatic carbocycles. The van der Waals surface area contributed by atoms with Gasteiger partial charge in [-0.25, -0.2) is 0 Å². The Kier molecular flexibility index (Phi) is 5.36. The second-order valence-corrected chi connectivity index (χ2v) is 6.96. The molecule has 0 amide bonds. The summed E-state index contributed by atoms with van der Waals surface area (Å²) in [6, 6.07) is 5.94. The van der Waals surface area contributed by atoms with Crippen molar-refractivity contribution in [3.8, 4) is 0 Å².